The van der Waals surface area contributed by atoms with Crippen LogP contribution in [0.15, 0.2) is 97.1 Å². The van der Waals surface area contributed by atoms with Crippen LogP contribution in [-0.4, -0.2) is 177 Å². The fraction of sp³-hybridized carbons (Fsp3) is 0.515. The molecule has 4 aromatic carbocycles. The summed E-state index contributed by atoms with van der Waals surface area (Å²) < 4.78 is 35.1. The number of carbonyl (C=O) groups is 9. The third-order valence-corrected chi connectivity index (χ3v) is 16.0. The molecule has 0 saturated carbocycles. The average molecular weight is 1230 g/mol. The number of nitrogens with zero attached hydrogens (tertiary/aromatic N) is 4. The highest BCUT2D eigenvalue weighted by Gasteiger charge is 2.43. The van der Waals surface area contributed by atoms with Crippen molar-refractivity contribution >= 4 is 63.9 Å². The van der Waals surface area contributed by atoms with Gasteiger partial charge in [-0.2, -0.15) is 0 Å². The molecule has 6 atom stereocenters. The lowest BCUT2D eigenvalue weighted by Crippen LogP contribution is -2.60. The zero-order valence-electron chi connectivity index (χ0n) is 53.9. The van der Waals surface area contributed by atoms with Crippen molar-refractivity contribution in [1.29, 1.82) is 0 Å². The molecule has 0 unspecified atom stereocenters. The second-order valence-corrected chi connectivity index (χ2v) is 25.0. The van der Waals surface area contributed by atoms with E-state index in [1.807, 2.05) is 68.4 Å². The minimum absolute atomic E-state index is 0.0111. The van der Waals surface area contributed by atoms with Gasteiger partial charge in [-0.05, 0) is 144 Å². The number of hydrogen-bond acceptors (Lipinski definition) is 15. The number of carbonyl (C=O) groups excluding carboxylic acids is 9. The van der Waals surface area contributed by atoms with E-state index in [2.05, 4.69) is 10.6 Å². The lowest BCUT2D eigenvalue weighted by atomic mass is 9.87. The molecule has 21 nitrogen and oxygen atoms in total. The molecule has 89 heavy (non-hydrogen) atoms. The number of esters is 2. The summed E-state index contributed by atoms with van der Waals surface area (Å²) in [5.41, 5.74) is -0.244. The van der Waals surface area contributed by atoms with Crippen LogP contribution in [0.1, 0.15) is 117 Å². The Morgan fingerprint density at radius 3 is 2.12 bits per heavy atom. The molecule has 1 saturated heterocycles. The number of Topliss-reactive ketones (excluding diaryl/α,β-unsaturated/α-hetero) is 1. The topological polar surface area (TPSA) is 246 Å². The van der Waals surface area contributed by atoms with Gasteiger partial charge >= 0.3 is 11.9 Å². The van der Waals surface area contributed by atoms with Crippen LogP contribution in [0, 0.1) is 11.3 Å². The summed E-state index contributed by atoms with van der Waals surface area (Å²) in [7, 11) is 7.49. The van der Waals surface area contributed by atoms with Crippen molar-refractivity contribution in [2.45, 2.75) is 149 Å². The molecule has 4 aromatic rings. The molecular formula is C68H90N6O15. The molecule has 6 amide bonds. The van der Waals surface area contributed by atoms with E-state index in [1.165, 1.54) is 80.8 Å². The van der Waals surface area contributed by atoms with Crippen molar-refractivity contribution in [3.8, 4) is 17.2 Å². The number of ether oxygens (including phenoxy) is 6. The normalized spacial score (nSPS) is 22.4. The molecule has 2 N–H and O–H groups in total. The number of amides is 6. The van der Waals surface area contributed by atoms with Gasteiger partial charge in [0.15, 0.2) is 18.1 Å². The number of hydrogen-bond donors (Lipinski definition) is 2. The molecule has 2 aliphatic rings. The Balaban J connectivity index is 1.35. The van der Waals surface area contributed by atoms with Gasteiger partial charge in [-0.1, -0.05) is 80.6 Å². The van der Waals surface area contributed by atoms with E-state index in [0.29, 0.717) is 41.9 Å². The van der Waals surface area contributed by atoms with Crippen LogP contribution < -0.4 is 24.8 Å². The van der Waals surface area contributed by atoms with Crippen molar-refractivity contribution in [3.63, 3.8) is 0 Å². The van der Waals surface area contributed by atoms with E-state index < -0.39 is 114 Å². The molecule has 2 bridgehead atoms. The fourth-order valence-electron chi connectivity index (χ4n) is 10.5. The standard InChI is InChI=1S/C68H90N6O15/c1-43(2)35-51-63(80)71(9)33-18-17-26-59(76)87-42-68(7,8)60(77)65(82)74-34-19-16-25-53(74)66(83)89-55(31-28-45-29-32-56(84-12)57(38-45)85-13)49-23-20-24-50(39-49)86-41-58(75)72(10)44(3)61(78)69-52(37-46-27-30-47-21-14-15-22-48(47)36-46)64(81)73(11)54(62(79)70-51)40-88-67(4,5)6/h14-15,17,20-24,26-27,29-30,32,36,38-39,43-44,51-55H,16,18-19,25,28,31,33-35,37,40-42H2,1-13H3,(H,69,78)(H,70,79)/t44-,51+,52-,53-,54-,55+/m0/s1. The largest absolute Gasteiger partial charge is 0.493 e. The highest BCUT2D eigenvalue weighted by Crippen LogP contribution is 2.33. The van der Waals surface area contributed by atoms with Crippen molar-refractivity contribution < 1.29 is 71.6 Å². The predicted octanol–water partition coefficient (Wildman–Crippen LogP) is 7.14. The van der Waals surface area contributed by atoms with Crippen molar-refractivity contribution in [2.24, 2.45) is 11.3 Å². The number of benzene rings is 4. The van der Waals surface area contributed by atoms with Gasteiger partial charge in [0.2, 0.25) is 29.4 Å². The molecule has 0 aliphatic carbocycles. The van der Waals surface area contributed by atoms with E-state index in [4.69, 9.17) is 28.4 Å². The molecule has 1 fully saturated rings. The Bertz CT molecular complexity index is 3210. The monoisotopic (exact) mass is 1230 g/mol. The van der Waals surface area contributed by atoms with Gasteiger partial charge in [-0.3, -0.25) is 33.6 Å². The summed E-state index contributed by atoms with van der Waals surface area (Å²) >= 11 is 0. The number of likely N-dealkylation sites (N-methyl/N-ethyl adjacent to an activating group) is 3. The average Bonchev–Trinajstić information content (AvgIpc) is 3.56. The van der Waals surface area contributed by atoms with Gasteiger partial charge in [0, 0.05) is 46.7 Å². The Hall–Kier alpha value is -8.33. The van der Waals surface area contributed by atoms with Gasteiger partial charge < -0.3 is 58.7 Å². The number of methoxy groups -OCH3 is 2. The molecule has 6 rings (SSSR count). The molecule has 21 heteroatoms. The van der Waals surface area contributed by atoms with Gasteiger partial charge in [-0.25, -0.2) is 9.59 Å². The quantitative estimate of drug-likeness (QED) is 0.112. The van der Waals surface area contributed by atoms with Crippen molar-refractivity contribution in [2.75, 3.05) is 68.3 Å². The van der Waals surface area contributed by atoms with E-state index in [9.17, 15) is 38.4 Å². The fourth-order valence-corrected chi connectivity index (χ4v) is 10.5. The summed E-state index contributed by atoms with van der Waals surface area (Å²) in [4.78, 5) is 134. The maximum Gasteiger partial charge on any atom is 0.330 e. The Kier molecular flexibility index (Phi) is 24.9. The van der Waals surface area contributed by atoms with E-state index in [-0.39, 0.29) is 63.5 Å². The van der Waals surface area contributed by atoms with Crippen LogP contribution in [0.25, 0.3) is 10.8 Å². The Labute approximate surface area is 523 Å². The van der Waals surface area contributed by atoms with Gasteiger partial charge in [0.05, 0.1) is 31.8 Å². The minimum atomic E-state index is -1.51. The van der Waals surface area contributed by atoms with Crippen LogP contribution in [0.2, 0.25) is 0 Å². The summed E-state index contributed by atoms with van der Waals surface area (Å²) in [5, 5.41) is 7.66. The van der Waals surface area contributed by atoms with Crippen LogP contribution in [0.5, 0.6) is 17.2 Å². The zero-order valence-corrected chi connectivity index (χ0v) is 53.9. The minimum Gasteiger partial charge on any atom is -0.493 e. The second kappa shape index (κ2) is 31.7. The number of fused-ring (bicyclic) bond motifs is 4. The van der Waals surface area contributed by atoms with Crippen LogP contribution in [-0.2, 0) is 70.2 Å². The van der Waals surface area contributed by atoms with Crippen molar-refractivity contribution in [3.05, 3.63) is 114 Å². The molecule has 2 aliphatic heterocycles. The number of piperidine rings is 1. The molecule has 0 spiro atoms. The van der Waals surface area contributed by atoms with Gasteiger partial charge in [0.25, 0.3) is 11.8 Å². The van der Waals surface area contributed by atoms with Crippen LogP contribution >= 0.6 is 0 Å². The summed E-state index contributed by atoms with van der Waals surface area (Å²) in [6, 6.07) is 19.6. The lowest BCUT2D eigenvalue weighted by molar-refractivity contribution is -0.165. The van der Waals surface area contributed by atoms with E-state index >= 15 is 4.79 Å². The van der Waals surface area contributed by atoms with Crippen molar-refractivity contribution in [1.82, 2.24) is 30.2 Å². The first kappa shape index (κ1) is 69.8. The van der Waals surface area contributed by atoms with Crippen LogP contribution in [0.3, 0.4) is 0 Å². The molecule has 482 valence electrons. The first-order valence-electron chi connectivity index (χ1n) is 30.4. The van der Waals surface area contributed by atoms with Crippen LogP contribution in [0.4, 0.5) is 0 Å². The molecule has 2 heterocycles. The first-order chi connectivity index (χ1) is 42.1. The molecular weight excluding hydrogens is 1140 g/mol. The summed E-state index contributed by atoms with van der Waals surface area (Å²) in [5.74, 6) is -5.17. The smallest absolute Gasteiger partial charge is 0.330 e. The molecule has 0 aromatic heterocycles. The SMILES string of the molecule is COc1ccc(CC[C@H]2OC(=O)[C@@H]3CCCCN3C(=O)C(=O)C(C)(C)COC(=O)C=CCCN(C)C(=O)[C@@H](CC(C)C)NC(=O)[C@H](COC(C)(C)C)N(C)C(=O)[C@H](Cc3ccc4ccccc4c3)NC(=O)[C@H](C)N(C)C(=O)COc3cccc2c3)cc1OC. The predicted molar refractivity (Wildman–Crippen MR) is 335 cm³/mol. The second-order valence-electron chi connectivity index (χ2n) is 25.0. The van der Waals surface area contributed by atoms with E-state index in [1.54, 1.807) is 58.2 Å². The van der Waals surface area contributed by atoms with E-state index in [0.717, 1.165) is 16.3 Å². The maximum absolute atomic E-state index is 15.1. The summed E-state index contributed by atoms with van der Waals surface area (Å²) in [6.07, 6.45) is 4.06. The summed E-state index contributed by atoms with van der Waals surface area (Å²) in [6.45, 7) is 12.6. The third kappa shape index (κ3) is 19.6. The highest BCUT2D eigenvalue weighted by atomic mass is 16.5. The lowest BCUT2D eigenvalue weighted by Gasteiger charge is -2.36. The first-order valence-corrected chi connectivity index (χ1v) is 30.4. The number of ketones is 1. The number of rotatable bonds is 11. The van der Waals surface area contributed by atoms with Gasteiger partial charge in [0.1, 0.15) is 48.7 Å². The number of aryl methyl sites for hydroxylation is 1. The number of cyclic esters (lactones) is 2. The zero-order chi connectivity index (χ0) is 65.3. The maximum atomic E-state index is 15.1. The Morgan fingerprint density at radius 2 is 1.43 bits per heavy atom. The Morgan fingerprint density at radius 1 is 0.730 bits per heavy atom. The molecule has 0 radical (unpaired) electrons. The third-order valence-electron chi connectivity index (χ3n) is 16.0. The van der Waals surface area contributed by atoms with Gasteiger partial charge in [-0.15, -0.1) is 0 Å². The highest BCUT2D eigenvalue weighted by molar-refractivity contribution is 6.38. The number of nitrogens with one attached hydrogen (secondary N) is 2.